The summed E-state index contributed by atoms with van der Waals surface area (Å²) in [6.45, 7) is 3.95. The van der Waals surface area contributed by atoms with E-state index in [2.05, 4.69) is 10.1 Å². The highest BCUT2D eigenvalue weighted by Crippen LogP contribution is 2.28. The molecule has 2 heterocycles. The fourth-order valence-electron chi connectivity index (χ4n) is 2.19. The summed E-state index contributed by atoms with van der Waals surface area (Å²) >= 11 is 1.12. The van der Waals surface area contributed by atoms with Crippen molar-refractivity contribution in [3.05, 3.63) is 54.7 Å². The van der Waals surface area contributed by atoms with Crippen molar-refractivity contribution in [1.82, 2.24) is 14.6 Å². The lowest BCUT2D eigenvalue weighted by atomic mass is 10.2. The Bertz CT molecular complexity index is 1070. The van der Waals surface area contributed by atoms with Gasteiger partial charge < -0.3 is 9.47 Å². The van der Waals surface area contributed by atoms with Crippen LogP contribution in [0.1, 0.15) is 18.2 Å². The molecule has 0 saturated heterocycles. The van der Waals surface area contributed by atoms with Crippen LogP contribution in [0.4, 0.5) is 0 Å². The van der Waals surface area contributed by atoms with Crippen LogP contribution >= 0.6 is 11.3 Å². The van der Waals surface area contributed by atoms with Gasteiger partial charge in [0.25, 0.3) is 11.1 Å². The summed E-state index contributed by atoms with van der Waals surface area (Å²) in [5.41, 5.74) is 0.235. The van der Waals surface area contributed by atoms with E-state index in [0.29, 0.717) is 22.6 Å². The molecule has 124 valence electrons. The number of nitrogens with zero attached hydrogens (tertiary/aromatic N) is 3. The topological polar surface area (TPSA) is 82.8 Å². The molecular formula is C16H15N3O4S. The molecule has 0 spiro atoms. The fraction of sp³-hybridized carbons (Fsp3) is 0.250. The molecule has 0 amide bonds. The minimum absolute atomic E-state index is 0.191. The van der Waals surface area contributed by atoms with Gasteiger partial charge in [-0.25, -0.2) is 0 Å². The number of fused-ring (bicyclic) bond motifs is 1. The van der Waals surface area contributed by atoms with E-state index >= 15 is 0 Å². The van der Waals surface area contributed by atoms with Crippen LogP contribution in [0.3, 0.4) is 0 Å². The van der Waals surface area contributed by atoms with Crippen LogP contribution in [0.15, 0.2) is 27.8 Å². The van der Waals surface area contributed by atoms with Crippen molar-refractivity contribution in [2.45, 2.75) is 13.8 Å². The van der Waals surface area contributed by atoms with E-state index in [9.17, 15) is 9.59 Å². The van der Waals surface area contributed by atoms with Gasteiger partial charge in [0.05, 0.1) is 18.2 Å². The summed E-state index contributed by atoms with van der Waals surface area (Å²) in [6, 6.07) is 5.40. The van der Waals surface area contributed by atoms with Crippen LogP contribution in [-0.4, -0.2) is 28.3 Å². The summed E-state index contributed by atoms with van der Waals surface area (Å²) in [5, 5.41) is 3.98. The number of rotatable bonds is 4. The largest absolute Gasteiger partial charge is 0.493 e. The molecule has 0 saturated carbocycles. The van der Waals surface area contributed by atoms with Gasteiger partial charge in [-0.2, -0.15) is 14.6 Å². The zero-order chi connectivity index (χ0) is 17.3. The van der Waals surface area contributed by atoms with Crippen LogP contribution in [0.2, 0.25) is 0 Å². The monoisotopic (exact) mass is 345 g/mol. The highest BCUT2D eigenvalue weighted by atomic mass is 32.1. The minimum atomic E-state index is -0.425. The van der Waals surface area contributed by atoms with Crippen molar-refractivity contribution in [2.24, 2.45) is 0 Å². The van der Waals surface area contributed by atoms with E-state index in [1.807, 2.05) is 13.0 Å². The summed E-state index contributed by atoms with van der Waals surface area (Å²) in [4.78, 5) is 28.1. The third-order valence-electron chi connectivity index (χ3n) is 3.33. The average molecular weight is 345 g/mol. The van der Waals surface area contributed by atoms with Crippen LogP contribution in [0.25, 0.3) is 11.0 Å². The Hall–Kier alpha value is -2.74. The van der Waals surface area contributed by atoms with E-state index in [4.69, 9.17) is 9.47 Å². The number of benzene rings is 1. The highest BCUT2D eigenvalue weighted by molar-refractivity contribution is 7.15. The van der Waals surface area contributed by atoms with Gasteiger partial charge in [-0.05, 0) is 37.6 Å². The van der Waals surface area contributed by atoms with Crippen LogP contribution in [0.5, 0.6) is 11.5 Å². The third-order valence-corrected chi connectivity index (χ3v) is 4.29. The lowest BCUT2D eigenvalue weighted by Gasteiger charge is -2.09. The molecule has 0 atom stereocenters. The Morgan fingerprint density at radius 1 is 1.29 bits per heavy atom. The van der Waals surface area contributed by atoms with Gasteiger partial charge in [-0.1, -0.05) is 17.4 Å². The average Bonchev–Trinajstić information content (AvgIpc) is 2.85. The molecule has 3 rings (SSSR count). The highest BCUT2D eigenvalue weighted by Gasteiger charge is 2.09. The van der Waals surface area contributed by atoms with Crippen molar-refractivity contribution in [3.63, 3.8) is 0 Å². The Labute approximate surface area is 140 Å². The lowest BCUT2D eigenvalue weighted by Crippen LogP contribution is -2.27. The molecule has 3 aromatic rings. The maximum absolute atomic E-state index is 12.4. The van der Waals surface area contributed by atoms with E-state index < -0.39 is 5.56 Å². The molecule has 8 heteroatoms. The maximum atomic E-state index is 12.4. The molecule has 0 aliphatic carbocycles. The Morgan fingerprint density at radius 2 is 2.08 bits per heavy atom. The predicted molar refractivity (Wildman–Crippen MR) is 91.1 cm³/mol. The zero-order valence-corrected chi connectivity index (χ0v) is 14.2. The molecule has 0 unspecified atom stereocenters. The maximum Gasteiger partial charge on any atom is 0.295 e. The first-order chi connectivity index (χ1) is 11.5. The van der Waals surface area contributed by atoms with Crippen molar-refractivity contribution >= 4 is 22.4 Å². The van der Waals surface area contributed by atoms with Crippen molar-refractivity contribution < 1.29 is 9.47 Å². The Kier molecular flexibility index (Phi) is 4.30. The Balaban J connectivity index is 2.15. The molecule has 1 aromatic carbocycles. The molecule has 0 aliphatic rings. The molecule has 24 heavy (non-hydrogen) atoms. The molecule has 0 N–H and O–H groups in total. The predicted octanol–water partition coefficient (Wildman–Crippen LogP) is 0.775. The van der Waals surface area contributed by atoms with E-state index in [1.54, 1.807) is 25.3 Å². The number of thiazole rings is 1. The van der Waals surface area contributed by atoms with Gasteiger partial charge in [0.1, 0.15) is 5.69 Å². The first-order valence-electron chi connectivity index (χ1n) is 7.26. The van der Waals surface area contributed by atoms with Crippen LogP contribution in [0, 0.1) is 6.92 Å². The normalized spacial score (nSPS) is 11.9. The zero-order valence-electron chi connectivity index (χ0n) is 13.4. The third kappa shape index (κ3) is 2.88. The second kappa shape index (κ2) is 6.40. The molecule has 7 nitrogen and oxygen atoms in total. The molecule has 0 fully saturated rings. The minimum Gasteiger partial charge on any atom is -0.493 e. The summed E-state index contributed by atoms with van der Waals surface area (Å²) in [7, 11) is 1.56. The second-order valence-electron chi connectivity index (χ2n) is 4.96. The molecule has 0 bridgehead atoms. The van der Waals surface area contributed by atoms with Crippen LogP contribution < -0.4 is 25.1 Å². The SMILES string of the molecule is CCOc1ccc(/C=c2/sc3nc(=O)c(C)nn3c2=O)cc1OC. The molecule has 0 aliphatic heterocycles. The van der Waals surface area contributed by atoms with Gasteiger partial charge in [0, 0.05) is 0 Å². The quantitative estimate of drug-likeness (QED) is 0.695. The number of aromatic nitrogens is 3. The van der Waals surface area contributed by atoms with Gasteiger partial charge in [-0.3, -0.25) is 9.59 Å². The second-order valence-corrected chi connectivity index (χ2v) is 5.96. The first kappa shape index (κ1) is 16.1. The van der Waals surface area contributed by atoms with E-state index in [0.717, 1.165) is 21.4 Å². The number of hydrogen-bond acceptors (Lipinski definition) is 7. The molecular weight excluding hydrogens is 330 g/mol. The van der Waals surface area contributed by atoms with Gasteiger partial charge in [0.2, 0.25) is 4.96 Å². The number of methoxy groups -OCH3 is 1. The lowest BCUT2D eigenvalue weighted by molar-refractivity contribution is 0.311. The van der Waals surface area contributed by atoms with Gasteiger partial charge in [-0.15, -0.1) is 0 Å². The smallest absolute Gasteiger partial charge is 0.295 e. The molecule has 2 aromatic heterocycles. The first-order valence-corrected chi connectivity index (χ1v) is 8.08. The summed E-state index contributed by atoms with van der Waals surface area (Å²) in [6.07, 6.45) is 1.71. The number of hydrogen-bond donors (Lipinski definition) is 0. The summed E-state index contributed by atoms with van der Waals surface area (Å²) < 4.78 is 12.4. The molecule has 0 radical (unpaired) electrons. The standard InChI is InChI=1S/C16H15N3O4S/c1-4-23-11-6-5-10(7-12(11)22-3)8-13-15(21)19-16(24-13)17-14(20)9(2)18-19/h5-8H,4H2,1-3H3/b13-8+. The Morgan fingerprint density at radius 3 is 2.79 bits per heavy atom. The van der Waals surface area contributed by atoms with Crippen molar-refractivity contribution in [2.75, 3.05) is 13.7 Å². The van der Waals surface area contributed by atoms with Crippen molar-refractivity contribution in [1.29, 1.82) is 0 Å². The van der Waals surface area contributed by atoms with Gasteiger partial charge in [0.15, 0.2) is 11.5 Å². The van der Waals surface area contributed by atoms with Crippen molar-refractivity contribution in [3.8, 4) is 11.5 Å². The van der Waals surface area contributed by atoms with Crippen LogP contribution in [-0.2, 0) is 0 Å². The van der Waals surface area contributed by atoms with E-state index in [1.165, 1.54) is 6.92 Å². The van der Waals surface area contributed by atoms with Gasteiger partial charge >= 0.3 is 0 Å². The number of ether oxygens (including phenoxy) is 2. The van der Waals surface area contributed by atoms with E-state index in [-0.39, 0.29) is 16.2 Å². The number of aryl methyl sites for hydroxylation is 1. The fourth-order valence-corrected chi connectivity index (χ4v) is 3.09. The summed E-state index contributed by atoms with van der Waals surface area (Å²) in [5.74, 6) is 1.22.